The van der Waals surface area contributed by atoms with E-state index in [1.54, 1.807) is 0 Å². The number of aromatic nitrogens is 2. The van der Waals surface area contributed by atoms with Crippen LogP contribution in [0.25, 0.3) is 0 Å². The van der Waals surface area contributed by atoms with Crippen LogP contribution < -0.4 is 10.9 Å². The fourth-order valence-electron chi connectivity index (χ4n) is 1.65. The Morgan fingerprint density at radius 3 is 2.90 bits per heavy atom. The lowest BCUT2D eigenvalue weighted by Crippen LogP contribution is -2.28. The van der Waals surface area contributed by atoms with Crippen LogP contribution >= 0.6 is 15.9 Å². The van der Waals surface area contributed by atoms with Crippen LogP contribution in [0.1, 0.15) is 11.5 Å². The SMILES string of the molecule is COC(=O)Cn1ncc(NCc2ccc(C)o2)c(Br)c1=O. The molecule has 0 saturated carbocycles. The molecule has 0 bridgehead atoms. The van der Waals surface area contributed by atoms with Crippen molar-refractivity contribution in [1.29, 1.82) is 0 Å². The third-order valence-corrected chi connectivity index (χ3v) is 3.51. The summed E-state index contributed by atoms with van der Waals surface area (Å²) in [6.45, 7) is 2.05. The number of aryl methyl sites for hydroxylation is 1. The second kappa shape index (κ2) is 6.57. The Balaban J connectivity index is 2.13. The van der Waals surface area contributed by atoms with Gasteiger partial charge >= 0.3 is 5.97 Å². The number of carbonyl (C=O) groups is 1. The topological polar surface area (TPSA) is 86.4 Å². The number of nitrogens with one attached hydrogen (secondary N) is 1. The van der Waals surface area contributed by atoms with Crippen LogP contribution in [-0.2, 0) is 22.6 Å². The maximum atomic E-state index is 12.0. The first-order valence-corrected chi connectivity index (χ1v) is 6.92. The molecule has 8 heteroatoms. The van der Waals surface area contributed by atoms with Crippen molar-refractivity contribution >= 4 is 27.6 Å². The maximum absolute atomic E-state index is 12.0. The van der Waals surface area contributed by atoms with Crippen LogP contribution in [0.2, 0.25) is 0 Å². The minimum absolute atomic E-state index is 0.231. The van der Waals surface area contributed by atoms with Crippen LogP contribution in [-0.4, -0.2) is 22.9 Å². The number of furan rings is 1. The number of anilines is 1. The smallest absolute Gasteiger partial charge is 0.327 e. The Hall–Kier alpha value is -2.09. The summed E-state index contributed by atoms with van der Waals surface area (Å²) in [4.78, 5) is 23.2. The monoisotopic (exact) mass is 355 g/mol. The van der Waals surface area contributed by atoms with Crippen molar-refractivity contribution in [3.8, 4) is 0 Å². The number of hydrogen-bond acceptors (Lipinski definition) is 6. The van der Waals surface area contributed by atoms with Crippen molar-refractivity contribution in [3.05, 3.63) is 44.7 Å². The molecular weight excluding hydrogens is 342 g/mol. The first-order valence-electron chi connectivity index (χ1n) is 6.13. The summed E-state index contributed by atoms with van der Waals surface area (Å²) in [6.07, 6.45) is 1.46. The number of hydrogen-bond donors (Lipinski definition) is 1. The molecule has 0 saturated heterocycles. The summed E-state index contributed by atoms with van der Waals surface area (Å²) >= 11 is 3.20. The molecule has 2 rings (SSSR count). The molecule has 0 fully saturated rings. The molecule has 2 heterocycles. The van der Waals surface area contributed by atoms with E-state index in [1.807, 2.05) is 19.1 Å². The summed E-state index contributed by atoms with van der Waals surface area (Å²) in [5, 5.41) is 6.97. The molecule has 2 aromatic heterocycles. The molecule has 0 atom stereocenters. The van der Waals surface area contributed by atoms with Gasteiger partial charge in [-0.15, -0.1) is 0 Å². The molecule has 0 spiro atoms. The molecule has 0 unspecified atom stereocenters. The van der Waals surface area contributed by atoms with Crippen LogP contribution in [0.3, 0.4) is 0 Å². The number of halogens is 1. The van der Waals surface area contributed by atoms with Gasteiger partial charge in [0.2, 0.25) is 0 Å². The molecule has 0 aliphatic heterocycles. The van der Waals surface area contributed by atoms with Gasteiger partial charge in [-0.2, -0.15) is 5.10 Å². The van der Waals surface area contributed by atoms with Gasteiger partial charge in [0.05, 0.1) is 25.5 Å². The number of rotatable bonds is 5. The van der Waals surface area contributed by atoms with Crippen molar-refractivity contribution in [2.24, 2.45) is 0 Å². The molecule has 2 aromatic rings. The van der Waals surface area contributed by atoms with Crippen molar-refractivity contribution in [3.63, 3.8) is 0 Å². The molecule has 1 N–H and O–H groups in total. The van der Waals surface area contributed by atoms with E-state index in [1.165, 1.54) is 13.3 Å². The average molecular weight is 356 g/mol. The van der Waals surface area contributed by atoms with E-state index in [9.17, 15) is 9.59 Å². The minimum atomic E-state index is -0.539. The van der Waals surface area contributed by atoms with Crippen molar-refractivity contribution in [2.75, 3.05) is 12.4 Å². The molecule has 0 aliphatic rings. The van der Waals surface area contributed by atoms with Gasteiger partial charge in [-0.25, -0.2) is 4.68 Å². The highest BCUT2D eigenvalue weighted by molar-refractivity contribution is 9.10. The highest BCUT2D eigenvalue weighted by Crippen LogP contribution is 2.17. The lowest BCUT2D eigenvalue weighted by molar-refractivity contribution is -0.141. The zero-order chi connectivity index (χ0) is 15.4. The number of ether oxygens (including phenoxy) is 1. The van der Waals surface area contributed by atoms with Crippen LogP contribution in [0, 0.1) is 6.92 Å². The molecular formula is C13H14BrN3O4. The fraction of sp³-hybridized carbons (Fsp3) is 0.308. The van der Waals surface area contributed by atoms with Crippen LogP contribution in [0.5, 0.6) is 0 Å². The van der Waals surface area contributed by atoms with Gasteiger partial charge in [0.25, 0.3) is 5.56 Å². The van der Waals surface area contributed by atoms with E-state index in [-0.39, 0.29) is 6.54 Å². The van der Waals surface area contributed by atoms with Crippen LogP contribution in [0.15, 0.2) is 32.0 Å². The van der Waals surface area contributed by atoms with E-state index in [0.717, 1.165) is 16.2 Å². The number of esters is 1. The maximum Gasteiger partial charge on any atom is 0.327 e. The van der Waals surface area contributed by atoms with Crippen molar-refractivity contribution < 1.29 is 13.9 Å². The van der Waals surface area contributed by atoms with E-state index in [2.05, 4.69) is 31.1 Å². The van der Waals surface area contributed by atoms with E-state index >= 15 is 0 Å². The second-order valence-corrected chi connectivity index (χ2v) is 5.07. The van der Waals surface area contributed by atoms with Gasteiger partial charge in [-0.05, 0) is 35.0 Å². The van der Waals surface area contributed by atoms with Gasteiger partial charge < -0.3 is 14.5 Å². The van der Waals surface area contributed by atoms with E-state index in [0.29, 0.717) is 16.7 Å². The normalized spacial score (nSPS) is 10.4. The summed E-state index contributed by atoms with van der Waals surface area (Å²) in [5.74, 6) is 1.03. The highest BCUT2D eigenvalue weighted by Gasteiger charge is 2.12. The Bertz CT molecular complexity index is 708. The molecule has 0 radical (unpaired) electrons. The summed E-state index contributed by atoms with van der Waals surface area (Å²) < 4.78 is 11.3. The van der Waals surface area contributed by atoms with Crippen molar-refractivity contribution in [2.45, 2.75) is 20.0 Å². The fourth-order valence-corrected chi connectivity index (χ4v) is 2.10. The molecule has 0 amide bonds. The zero-order valence-electron chi connectivity index (χ0n) is 11.6. The largest absolute Gasteiger partial charge is 0.468 e. The molecule has 7 nitrogen and oxygen atoms in total. The lowest BCUT2D eigenvalue weighted by atomic mass is 10.4. The summed E-state index contributed by atoms with van der Waals surface area (Å²) in [7, 11) is 1.25. The Morgan fingerprint density at radius 1 is 1.52 bits per heavy atom. The summed E-state index contributed by atoms with van der Waals surface area (Å²) in [6, 6.07) is 3.71. The number of carbonyl (C=O) groups excluding carboxylic acids is 1. The molecule has 0 aromatic carbocycles. The predicted octanol–water partition coefficient (Wildman–Crippen LogP) is 1.69. The number of methoxy groups -OCH3 is 1. The molecule has 112 valence electrons. The van der Waals surface area contributed by atoms with Gasteiger partial charge in [-0.1, -0.05) is 0 Å². The lowest BCUT2D eigenvalue weighted by Gasteiger charge is -2.09. The Labute approximate surface area is 129 Å². The molecule has 0 aliphatic carbocycles. The van der Waals surface area contributed by atoms with Crippen LogP contribution in [0.4, 0.5) is 5.69 Å². The third-order valence-electron chi connectivity index (χ3n) is 2.74. The van der Waals surface area contributed by atoms with E-state index < -0.39 is 11.5 Å². The Kier molecular flexibility index (Phi) is 4.79. The minimum Gasteiger partial charge on any atom is -0.468 e. The zero-order valence-corrected chi connectivity index (χ0v) is 13.1. The van der Waals surface area contributed by atoms with E-state index in [4.69, 9.17) is 4.42 Å². The standard InChI is InChI=1S/C13H14BrN3O4/c1-8-3-4-9(21-8)5-15-10-6-16-17(7-11(18)20-2)13(19)12(10)14/h3-4,6,15H,5,7H2,1-2H3. The van der Waals surface area contributed by atoms with Gasteiger partial charge in [0.15, 0.2) is 0 Å². The molecule has 21 heavy (non-hydrogen) atoms. The quantitative estimate of drug-likeness (QED) is 0.821. The second-order valence-electron chi connectivity index (χ2n) is 4.28. The summed E-state index contributed by atoms with van der Waals surface area (Å²) in [5.41, 5.74) is 0.108. The van der Waals surface area contributed by atoms with Gasteiger partial charge in [-0.3, -0.25) is 9.59 Å². The third kappa shape index (κ3) is 3.72. The van der Waals surface area contributed by atoms with Gasteiger partial charge in [0, 0.05) is 0 Å². The first-order chi connectivity index (χ1) is 10.0. The number of nitrogens with zero attached hydrogens (tertiary/aromatic N) is 2. The Morgan fingerprint density at radius 2 is 2.29 bits per heavy atom. The average Bonchev–Trinajstić information content (AvgIpc) is 2.88. The van der Waals surface area contributed by atoms with Crippen molar-refractivity contribution in [1.82, 2.24) is 9.78 Å². The highest BCUT2D eigenvalue weighted by atomic mass is 79.9. The first kappa shape index (κ1) is 15.3. The van der Waals surface area contributed by atoms with Gasteiger partial charge in [0.1, 0.15) is 22.5 Å². The predicted molar refractivity (Wildman–Crippen MR) is 79.0 cm³/mol.